The molecule has 1 atom stereocenters. The summed E-state index contributed by atoms with van der Waals surface area (Å²) in [4.78, 5) is 34.6. The third kappa shape index (κ3) is 4.99. The Kier molecular flexibility index (Phi) is 5.99. The number of carbonyl (C=O) groups excluding carboxylic acids is 2. The molecule has 3 heterocycles. The summed E-state index contributed by atoms with van der Waals surface area (Å²) in [6, 6.07) is 5.98. The van der Waals surface area contributed by atoms with Crippen molar-refractivity contribution < 1.29 is 9.59 Å². The molecule has 0 aromatic carbocycles. The molecule has 2 aliphatic heterocycles. The van der Waals surface area contributed by atoms with Crippen LogP contribution >= 0.6 is 0 Å². The van der Waals surface area contributed by atoms with E-state index in [-0.39, 0.29) is 17.7 Å². The average molecular weight is 345 g/mol. The molecule has 0 bridgehead atoms. The Hall–Kier alpha value is -1.99. The summed E-state index contributed by atoms with van der Waals surface area (Å²) in [5.41, 5.74) is 6.48. The van der Waals surface area contributed by atoms with Gasteiger partial charge in [0.15, 0.2) is 0 Å². The topological polar surface area (TPSA) is 82.8 Å². The summed E-state index contributed by atoms with van der Waals surface area (Å²) >= 11 is 0. The quantitative estimate of drug-likeness (QED) is 0.807. The normalized spacial score (nSPS) is 22.7. The average Bonchev–Trinajstić information content (AvgIpc) is 2.64. The van der Waals surface area contributed by atoms with Crippen molar-refractivity contribution in [1.29, 1.82) is 0 Å². The van der Waals surface area contributed by atoms with Gasteiger partial charge in [-0.2, -0.15) is 0 Å². The molecule has 7 heteroatoms. The zero-order chi connectivity index (χ0) is 17.6. The van der Waals surface area contributed by atoms with Gasteiger partial charge in [-0.25, -0.2) is 0 Å². The zero-order valence-electron chi connectivity index (χ0n) is 14.6. The van der Waals surface area contributed by atoms with Crippen LogP contribution in [0.5, 0.6) is 0 Å². The number of rotatable bonds is 5. The first-order valence-corrected chi connectivity index (χ1v) is 9.03. The van der Waals surface area contributed by atoms with Gasteiger partial charge in [-0.15, -0.1) is 0 Å². The predicted molar refractivity (Wildman–Crippen MR) is 94.5 cm³/mol. The fourth-order valence-corrected chi connectivity index (χ4v) is 3.55. The minimum absolute atomic E-state index is 0.115. The van der Waals surface area contributed by atoms with Gasteiger partial charge in [-0.1, -0.05) is 6.07 Å². The predicted octanol–water partition coefficient (Wildman–Crippen LogP) is -0.0769. The lowest BCUT2D eigenvalue weighted by molar-refractivity contribution is -0.136. The van der Waals surface area contributed by atoms with E-state index in [9.17, 15) is 9.59 Å². The van der Waals surface area contributed by atoms with E-state index in [1.165, 1.54) is 0 Å². The first-order chi connectivity index (χ1) is 12.1. The zero-order valence-corrected chi connectivity index (χ0v) is 14.6. The third-order valence-corrected chi connectivity index (χ3v) is 5.11. The Labute approximate surface area is 148 Å². The number of piperazine rings is 1. The Morgan fingerprint density at radius 3 is 2.56 bits per heavy atom. The molecule has 0 saturated carbocycles. The van der Waals surface area contributed by atoms with E-state index in [1.807, 2.05) is 24.4 Å². The van der Waals surface area contributed by atoms with Crippen molar-refractivity contribution in [3.63, 3.8) is 0 Å². The second-order valence-electron chi connectivity index (χ2n) is 6.95. The van der Waals surface area contributed by atoms with Gasteiger partial charge in [0.05, 0.1) is 18.2 Å². The van der Waals surface area contributed by atoms with Gasteiger partial charge in [-0.3, -0.25) is 24.4 Å². The van der Waals surface area contributed by atoms with Gasteiger partial charge >= 0.3 is 0 Å². The molecule has 2 N–H and O–H groups in total. The van der Waals surface area contributed by atoms with Crippen LogP contribution in [0, 0.1) is 5.92 Å². The first kappa shape index (κ1) is 17.8. The van der Waals surface area contributed by atoms with Gasteiger partial charge in [0, 0.05) is 52.0 Å². The van der Waals surface area contributed by atoms with Crippen molar-refractivity contribution in [2.45, 2.75) is 19.4 Å². The molecule has 2 aliphatic rings. The minimum Gasteiger partial charge on any atom is -0.369 e. The van der Waals surface area contributed by atoms with Crippen LogP contribution in [-0.4, -0.2) is 77.3 Å². The molecule has 1 aromatic heterocycles. The molecular formula is C18H27N5O2. The van der Waals surface area contributed by atoms with E-state index in [2.05, 4.69) is 14.8 Å². The number of hydrogen-bond donors (Lipinski definition) is 1. The molecule has 0 radical (unpaired) electrons. The van der Waals surface area contributed by atoms with Crippen molar-refractivity contribution in [3.05, 3.63) is 30.1 Å². The van der Waals surface area contributed by atoms with Crippen LogP contribution in [0.25, 0.3) is 0 Å². The Balaban J connectivity index is 1.42. The van der Waals surface area contributed by atoms with E-state index >= 15 is 0 Å². The second kappa shape index (κ2) is 8.40. The van der Waals surface area contributed by atoms with Crippen LogP contribution in [0.2, 0.25) is 0 Å². The molecule has 2 fully saturated rings. The third-order valence-electron chi connectivity index (χ3n) is 5.11. The summed E-state index contributed by atoms with van der Waals surface area (Å²) in [7, 11) is 0. The van der Waals surface area contributed by atoms with Crippen molar-refractivity contribution in [3.8, 4) is 0 Å². The first-order valence-electron chi connectivity index (χ1n) is 9.03. The number of nitrogens with zero attached hydrogens (tertiary/aromatic N) is 4. The van der Waals surface area contributed by atoms with Gasteiger partial charge < -0.3 is 10.6 Å². The van der Waals surface area contributed by atoms with Crippen molar-refractivity contribution in [2.24, 2.45) is 11.7 Å². The number of hydrogen-bond acceptors (Lipinski definition) is 5. The molecular weight excluding hydrogens is 318 g/mol. The lowest BCUT2D eigenvalue weighted by Crippen LogP contribution is -2.51. The summed E-state index contributed by atoms with van der Waals surface area (Å²) < 4.78 is 0. The van der Waals surface area contributed by atoms with Crippen LogP contribution in [0.1, 0.15) is 18.5 Å². The van der Waals surface area contributed by atoms with E-state index in [4.69, 9.17) is 5.73 Å². The van der Waals surface area contributed by atoms with Crippen LogP contribution in [0.4, 0.5) is 0 Å². The molecule has 25 heavy (non-hydrogen) atoms. The van der Waals surface area contributed by atoms with E-state index in [0.717, 1.165) is 57.8 Å². The summed E-state index contributed by atoms with van der Waals surface area (Å²) in [6.45, 7) is 6.15. The molecule has 136 valence electrons. The number of pyridine rings is 1. The fourth-order valence-electron chi connectivity index (χ4n) is 3.55. The molecule has 3 rings (SSSR count). The highest BCUT2D eigenvalue weighted by Gasteiger charge is 2.28. The van der Waals surface area contributed by atoms with Crippen LogP contribution in [0.15, 0.2) is 24.4 Å². The summed E-state index contributed by atoms with van der Waals surface area (Å²) in [5.74, 6) is -0.363. The number of amides is 2. The minimum atomic E-state index is -0.291. The van der Waals surface area contributed by atoms with Gasteiger partial charge in [0.25, 0.3) is 0 Å². The lowest BCUT2D eigenvalue weighted by Gasteiger charge is -2.36. The Morgan fingerprint density at radius 1 is 1.12 bits per heavy atom. The Morgan fingerprint density at radius 2 is 1.88 bits per heavy atom. The summed E-state index contributed by atoms with van der Waals surface area (Å²) in [6.07, 6.45) is 3.48. The van der Waals surface area contributed by atoms with Gasteiger partial charge in [-0.05, 0) is 25.0 Å². The fraction of sp³-hybridized carbons (Fsp3) is 0.611. The molecule has 2 saturated heterocycles. The van der Waals surface area contributed by atoms with Crippen molar-refractivity contribution in [1.82, 2.24) is 19.7 Å². The number of primary amides is 1. The van der Waals surface area contributed by atoms with Gasteiger partial charge in [0.1, 0.15) is 0 Å². The largest absolute Gasteiger partial charge is 0.369 e. The maximum absolute atomic E-state index is 12.5. The monoisotopic (exact) mass is 345 g/mol. The summed E-state index contributed by atoms with van der Waals surface area (Å²) in [5, 5.41) is 0. The number of nitrogens with two attached hydrogens (primary N) is 1. The smallest absolute Gasteiger partial charge is 0.236 e. The molecule has 2 amide bonds. The molecule has 0 spiro atoms. The molecule has 1 aromatic rings. The molecule has 0 aliphatic carbocycles. The number of piperidine rings is 1. The highest BCUT2D eigenvalue weighted by Crippen LogP contribution is 2.16. The van der Waals surface area contributed by atoms with Crippen molar-refractivity contribution in [2.75, 3.05) is 45.8 Å². The molecule has 1 unspecified atom stereocenters. The highest BCUT2D eigenvalue weighted by atomic mass is 16.2. The highest BCUT2D eigenvalue weighted by molar-refractivity contribution is 5.81. The maximum atomic E-state index is 12.5. The Bertz CT molecular complexity index is 586. The number of carbonyl (C=O) groups is 2. The molecule has 7 nitrogen and oxygen atoms in total. The van der Waals surface area contributed by atoms with E-state index < -0.39 is 0 Å². The van der Waals surface area contributed by atoms with Crippen LogP contribution < -0.4 is 5.73 Å². The van der Waals surface area contributed by atoms with Gasteiger partial charge in [0.2, 0.25) is 11.8 Å². The second-order valence-corrected chi connectivity index (χ2v) is 6.95. The van der Waals surface area contributed by atoms with Crippen LogP contribution in [0.3, 0.4) is 0 Å². The van der Waals surface area contributed by atoms with E-state index in [1.54, 1.807) is 4.90 Å². The van der Waals surface area contributed by atoms with Crippen molar-refractivity contribution >= 4 is 11.8 Å². The number of likely N-dealkylation sites (tertiary alicyclic amines) is 1. The standard InChI is InChI=1S/C18H27N5O2/c19-18(25)15-4-3-7-23(12-15)17(24)14-22-10-8-21(9-11-22)13-16-5-1-2-6-20-16/h1-2,5-6,15H,3-4,7-14H2,(H2,19,25). The maximum Gasteiger partial charge on any atom is 0.236 e. The van der Waals surface area contributed by atoms with Crippen LogP contribution in [-0.2, 0) is 16.1 Å². The SMILES string of the molecule is NC(=O)C1CCCN(C(=O)CN2CCN(Cc3ccccn3)CC2)C1. The van der Waals surface area contributed by atoms with E-state index in [0.29, 0.717) is 13.1 Å². The lowest BCUT2D eigenvalue weighted by atomic mass is 9.97. The number of aromatic nitrogens is 1.